The van der Waals surface area contributed by atoms with Crippen molar-refractivity contribution in [1.82, 2.24) is 0 Å². The van der Waals surface area contributed by atoms with Crippen molar-refractivity contribution >= 4 is 37.3 Å². The molecule has 2 aromatic carbocycles. The summed E-state index contributed by atoms with van der Waals surface area (Å²) in [6, 6.07) is 6.88. The monoisotopic (exact) mass is 404 g/mol. The summed E-state index contributed by atoms with van der Waals surface area (Å²) in [7, 11) is -2.82. The van der Waals surface area contributed by atoms with Gasteiger partial charge in [-0.3, -0.25) is 14.8 Å². The molecule has 23 heavy (non-hydrogen) atoms. The summed E-state index contributed by atoms with van der Waals surface area (Å²) in [5.41, 5.74) is -0.428. The molecule has 0 heterocycles. The van der Waals surface area contributed by atoms with Crippen LogP contribution in [0.3, 0.4) is 0 Å². The molecule has 1 N–H and O–H groups in total. The van der Waals surface area contributed by atoms with E-state index in [1.54, 1.807) is 0 Å². The van der Waals surface area contributed by atoms with Crippen LogP contribution in [0.1, 0.15) is 0 Å². The number of sulfonamides is 1. The summed E-state index contributed by atoms with van der Waals surface area (Å²) in [6.45, 7) is 0. The van der Waals surface area contributed by atoms with E-state index in [0.717, 1.165) is 12.1 Å². The van der Waals surface area contributed by atoms with Crippen molar-refractivity contribution in [3.8, 4) is 5.75 Å². The molecule has 0 saturated heterocycles. The van der Waals surface area contributed by atoms with E-state index in [1.165, 1.54) is 31.4 Å². The molecular formula is C13H10BrFN2O5S. The summed E-state index contributed by atoms with van der Waals surface area (Å²) < 4.78 is 45.1. The predicted octanol–water partition coefficient (Wildman–Crippen LogP) is 3.31. The fraction of sp³-hybridized carbons (Fsp3) is 0.0769. The largest absolute Gasteiger partial charge is 0.494 e. The molecule has 7 nitrogen and oxygen atoms in total. The Kier molecular flexibility index (Phi) is 4.85. The van der Waals surface area contributed by atoms with Gasteiger partial charge in [0.25, 0.3) is 15.7 Å². The molecule has 0 fully saturated rings. The van der Waals surface area contributed by atoms with E-state index >= 15 is 0 Å². The Labute approximate surface area is 139 Å². The fourth-order valence-corrected chi connectivity index (χ4v) is 3.20. The molecular weight excluding hydrogens is 395 g/mol. The maximum Gasteiger partial charge on any atom is 0.284 e. The number of nitrogens with zero attached hydrogens (tertiary/aromatic N) is 1. The number of rotatable bonds is 5. The highest BCUT2D eigenvalue weighted by molar-refractivity contribution is 9.10. The standard InChI is InChI=1S/C13H10BrFN2O5S/c1-22-13-5-2-8(6-11(13)15)16-23(20,21)9-3-4-10(14)12(7-9)17(18)19/h2-7,16H,1H3. The molecule has 0 radical (unpaired) electrons. The lowest BCUT2D eigenvalue weighted by Gasteiger charge is -2.09. The quantitative estimate of drug-likeness (QED) is 0.608. The first-order chi connectivity index (χ1) is 10.7. The molecule has 0 bridgehead atoms. The highest BCUT2D eigenvalue weighted by Gasteiger charge is 2.21. The number of hydrogen-bond donors (Lipinski definition) is 1. The van der Waals surface area contributed by atoms with Gasteiger partial charge in [-0.25, -0.2) is 12.8 Å². The molecule has 0 atom stereocenters. The zero-order valence-electron chi connectivity index (χ0n) is 11.6. The summed E-state index contributed by atoms with van der Waals surface area (Å²) in [6.07, 6.45) is 0. The van der Waals surface area contributed by atoms with E-state index in [4.69, 9.17) is 4.74 Å². The molecule has 0 aromatic heterocycles. The van der Waals surface area contributed by atoms with Gasteiger partial charge >= 0.3 is 0 Å². The molecule has 0 aliphatic carbocycles. The minimum Gasteiger partial charge on any atom is -0.494 e. The van der Waals surface area contributed by atoms with Gasteiger partial charge in [-0.05, 0) is 40.2 Å². The van der Waals surface area contributed by atoms with Crippen molar-refractivity contribution in [2.24, 2.45) is 0 Å². The molecule has 0 aliphatic rings. The van der Waals surface area contributed by atoms with Crippen LogP contribution >= 0.6 is 15.9 Å². The topological polar surface area (TPSA) is 98.5 Å². The van der Waals surface area contributed by atoms with Crippen LogP contribution in [0.5, 0.6) is 5.75 Å². The molecule has 0 spiro atoms. The van der Waals surface area contributed by atoms with Crippen molar-refractivity contribution in [3.63, 3.8) is 0 Å². The van der Waals surface area contributed by atoms with Gasteiger partial charge in [-0.15, -0.1) is 0 Å². The first-order valence-electron chi connectivity index (χ1n) is 6.05. The molecule has 2 rings (SSSR count). The van der Waals surface area contributed by atoms with Crippen molar-refractivity contribution < 1.29 is 22.5 Å². The number of benzene rings is 2. The summed E-state index contributed by atoms with van der Waals surface area (Å²) >= 11 is 2.97. The van der Waals surface area contributed by atoms with E-state index in [1.807, 2.05) is 0 Å². The second kappa shape index (κ2) is 6.50. The van der Waals surface area contributed by atoms with Gasteiger partial charge in [-0.2, -0.15) is 0 Å². The van der Waals surface area contributed by atoms with Crippen LogP contribution in [0.2, 0.25) is 0 Å². The lowest BCUT2D eigenvalue weighted by molar-refractivity contribution is -0.385. The van der Waals surface area contributed by atoms with Gasteiger partial charge in [0.15, 0.2) is 11.6 Å². The third-order valence-corrected chi connectivity index (χ3v) is 4.88. The second-order valence-electron chi connectivity index (χ2n) is 4.33. The van der Waals surface area contributed by atoms with Gasteiger partial charge in [0.2, 0.25) is 0 Å². The summed E-state index contributed by atoms with van der Waals surface area (Å²) in [4.78, 5) is 9.84. The van der Waals surface area contributed by atoms with Crippen LogP contribution in [0.4, 0.5) is 15.8 Å². The molecule has 0 saturated carbocycles. The predicted molar refractivity (Wildman–Crippen MR) is 84.6 cm³/mol. The lowest BCUT2D eigenvalue weighted by atomic mass is 10.3. The SMILES string of the molecule is COc1ccc(NS(=O)(=O)c2ccc(Br)c([N+](=O)[O-])c2)cc1F. The average Bonchev–Trinajstić information content (AvgIpc) is 2.47. The van der Waals surface area contributed by atoms with Gasteiger partial charge < -0.3 is 4.74 Å². The van der Waals surface area contributed by atoms with Crippen LogP contribution in [0, 0.1) is 15.9 Å². The van der Waals surface area contributed by atoms with E-state index in [-0.39, 0.29) is 20.8 Å². The van der Waals surface area contributed by atoms with Crippen molar-refractivity contribution in [2.75, 3.05) is 11.8 Å². The number of nitro groups is 1. The number of ether oxygens (including phenoxy) is 1. The zero-order valence-corrected chi connectivity index (χ0v) is 14.0. The maximum atomic E-state index is 13.6. The Morgan fingerprint density at radius 1 is 1.26 bits per heavy atom. The molecule has 122 valence electrons. The van der Waals surface area contributed by atoms with Gasteiger partial charge in [0.1, 0.15) is 0 Å². The Morgan fingerprint density at radius 2 is 1.96 bits per heavy atom. The summed E-state index contributed by atoms with van der Waals surface area (Å²) in [5.74, 6) is -0.776. The van der Waals surface area contributed by atoms with Crippen LogP contribution in [0.25, 0.3) is 0 Å². The van der Waals surface area contributed by atoms with Gasteiger partial charge in [0.05, 0.1) is 27.1 Å². The van der Waals surface area contributed by atoms with E-state index in [9.17, 15) is 22.9 Å². The smallest absolute Gasteiger partial charge is 0.284 e. The Bertz CT molecular complexity index is 873. The Morgan fingerprint density at radius 3 is 2.52 bits per heavy atom. The Hall–Kier alpha value is -2.20. The third kappa shape index (κ3) is 3.77. The minimum atomic E-state index is -4.11. The number of hydrogen-bond acceptors (Lipinski definition) is 5. The van der Waals surface area contributed by atoms with Crippen molar-refractivity contribution in [2.45, 2.75) is 4.90 Å². The molecule has 10 heteroatoms. The highest BCUT2D eigenvalue weighted by Crippen LogP contribution is 2.29. The number of nitrogens with one attached hydrogen (secondary N) is 1. The number of halogens is 2. The highest BCUT2D eigenvalue weighted by atomic mass is 79.9. The van der Waals surface area contributed by atoms with E-state index in [0.29, 0.717) is 0 Å². The van der Waals surface area contributed by atoms with Crippen LogP contribution in [-0.2, 0) is 10.0 Å². The molecule has 0 aliphatic heterocycles. The summed E-state index contributed by atoms with van der Waals surface area (Å²) in [5, 5.41) is 10.9. The Balaban J connectivity index is 2.37. The maximum absolute atomic E-state index is 13.6. The average molecular weight is 405 g/mol. The van der Waals surface area contributed by atoms with E-state index < -0.39 is 26.5 Å². The number of anilines is 1. The zero-order chi connectivity index (χ0) is 17.2. The molecule has 0 unspecified atom stereocenters. The minimum absolute atomic E-state index is 0.0335. The van der Waals surface area contributed by atoms with Crippen LogP contribution < -0.4 is 9.46 Å². The van der Waals surface area contributed by atoms with Crippen molar-refractivity contribution in [3.05, 3.63) is 56.8 Å². The number of methoxy groups -OCH3 is 1. The lowest BCUT2D eigenvalue weighted by Crippen LogP contribution is -2.13. The van der Waals surface area contributed by atoms with Gasteiger partial charge in [-0.1, -0.05) is 0 Å². The first kappa shape index (κ1) is 17.2. The first-order valence-corrected chi connectivity index (χ1v) is 8.32. The van der Waals surface area contributed by atoms with Crippen LogP contribution in [0.15, 0.2) is 45.8 Å². The van der Waals surface area contributed by atoms with Crippen LogP contribution in [-0.4, -0.2) is 20.5 Å². The van der Waals surface area contributed by atoms with E-state index in [2.05, 4.69) is 20.7 Å². The van der Waals surface area contributed by atoms with Crippen molar-refractivity contribution in [1.29, 1.82) is 0 Å². The van der Waals surface area contributed by atoms with Gasteiger partial charge in [0, 0.05) is 12.1 Å². The molecule has 0 amide bonds. The third-order valence-electron chi connectivity index (χ3n) is 2.83. The fourth-order valence-electron chi connectivity index (χ4n) is 1.74. The molecule has 2 aromatic rings. The second-order valence-corrected chi connectivity index (χ2v) is 6.86. The number of nitro benzene ring substituents is 1. The normalized spacial score (nSPS) is 11.1.